The van der Waals surface area contributed by atoms with E-state index in [9.17, 15) is 0 Å². The van der Waals surface area contributed by atoms with Gasteiger partial charge in [-0.05, 0) is 49.2 Å². The van der Waals surface area contributed by atoms with Crippen LogP contribution in [0.1, 0.15) is 23.2 Å². The molecule has 1 N–H and O–H groups in total. The van der Waals surface area contributed by atoms with Crippen molar-refractivity contribution in [2.24, 2.45) is 0 Å². The fraction of sp³-hybridized carbons (Fsp3) is 0.412. The molecule has 0 aromatic carbocycles. The number of hydrogen-bond donors (Lipinski definition) is 1. The van der Waals surface area contributed by atoms with E-state index in [0.29, 0.717) is 0 Å². The summed E-state index contributed by atoms with van der Waals surface area (Å²) in [5.74, 6) is 1.17. The number of hydrogen-bond acceptors (Lipinski definition) is 4. The zero-order valence-electron chi connectivity index (χ0n) is 12.5. The quantitative estimate of drug-likeness (QED) is 0.911. The first-order valence-electron chi connectivity index (χ1n) is 7.64. The van der Waals surface area contributed by atoms with E-state index in [1.165, 1.54) is 23.4 Å². The zero-order valence-corrected chi connectivity index (χ0v) is 12.5. The molecule has 3 heterocycles. The molecule has 3 rings (SSSR count). The highest BCUT2D eigenvalue weighted by Gasteiger charge is 2.20. The highest BCUT2D eigenvalue weighted by Crippen LogP contribution is 2.28. The summed E-state index contributed by atoms with van der Waals surface area (Å²) < 4.78 is 0. The monoisotopic (exact) mass is 282 g/mol. The smallest absolute Gasteiger partial charge is 0.132 e. The first kappa shape index (κ1) is 14.0. The first-order valence-corrected chi connectivity index (χ1v) is 7.64. The number of pyridine rings is 2. The molecular weight excluding hydrogens is 260 g/mol. The number of nitrogens with one attached hydrogen (secondary N) is 1. The van der Waals surface area contributed by atoms with Crippen LogP contribution in [0.4, 0.5) is 5.82 Å². The zero-order chi connectivity index (χ0) is 14.5. The molecule has 1 aliphatic rings. The molecule has 110 valence electrons. The summed E-state index contributed by atoms with van der Waals surface area (Å²) in [5.41, 5.74) is 3.90. The van der Waals surface area contributed by atoms with Gasteiger partial charge >= 0.3 is 0 Å². The maximum atomic E-state index is 4.63. The van der Waals surface area contributed by atoms with Gasteiger partial charge in [0.25, 0.3) is 0 Å². The molecule has 2 aromatic heterocycles. The summed E-state index contributed by atoms with van der Waals surface area (Å²) in [6, 6.07) is 8.25. The predicted octanol–water partition coefficient (Wildman–Crippen LogP) is 2.04. The lowest BCUT2D eigenvalue weighted by atomic mass is 9.97. The molecule has 0 saturated carbocycles. The summed E-state index contributed by atoms with van der Waals surface area (Å²) in [7, 11) is 2.00. The van der Waals surface area contributed by atoms with E-state index in [1.54, 1.807) is 0 Å². The standard InChI is InChI=1S/C17H22N4/c1-18-10-12-21-11-4-6-16-14(7-9-20-17(16)21)13-15-5-2-3-8-19-15/h2-3,5,7-9,18H,4,6,10-13H2,1H3. The van der Waals surface area contributed by atoms with Crippen molar-refractivity contribution in [3.63, 3.8) is 0 Å². The minimum atomic E-state index is 0.894. The van der Waals surface area contributed by atoms with E-state index < -0.39 is 0 Å². The molecule has 0 saturated heterocycles. The van der Waals surface area contributed by atoms with Gasteiger partial charge in [0.15, 0.2) is 0 Å². The average molecular weight is 282 g/mol. The molecule has 0 fully saturated rings. The van der Waals surface area contributed by atoms with Crippen molar-refractivity contribution >= 4 is 5.82 Å². The van der Waals surface area contributed by atoms with Crippen LogP contribution < -0.4 is 10.2 Å². The van der Waals surface area contributed by atoms with Crippen LogP contribution in [-0.2, 0) is 12.8 Å². The number of likely N-dealkylation sites (N-methyl/N-ethyl adjacent to an activating group) is 1. The third kappa shape index (κ3) is 3.22. The molecule has 0 amide bonds. The Labute approximate surface area is 126 Å². The largest absolute Gasteiger partial charge is 0.355 e. The van der Waals surface area contributed by atoms with E-state index in [2.05, 4.69) is 38.4 Å². The highest BCUT2D eigenvalue weighted by atomic mass is 15.2. The van der Waals surface area contributed by atoms with Crippen LogP contribution in [0.25, 0.3) is 0 Å². The van der Waals surface area contributed by atoms with Crippen molar-refractivity contribution in [3.8, 4) is 0 Å². The third-order valence-electron chi connectivity index (χ3n) is 4.01. The minimum Gasteiger partial charge on any atom is -0.355 e. The fourth-order valence-electron chi connectivity index (χ4n) is 2.95. The molecule has 21 heavy (non-hydrogen) atoms. The Bertz CT molecular complexity index is 583. The third-order valence-corrected chi connectivity index (χ3v) is 4.01. The number of anilines is 1. The summed E-state index contributed by atoms with van der Waals surface area (Å²) in [4.78, 5) is 11.5. The number of fused-ring (bicyclic) bond motifs is 1. The summed E-state index contributed by atoms with van der Waals surface area (Å²) in [6.45, 7) is 3.11. The second-order valence-corrected chi connectivity index (χ2v) is 5.46. The minimum absolute atomic E-state index is 0.894. The van der Waals surface area contributed by atoms with Gasteiger partial charge in [-0.25, -0.2) is 4.98 Å². The Balaban J connectivity index is 1.86. The van der Waals surface area contributed by atoms with Gasteiger partial charge in [-0.15, -0.1) is 0 Å². The van der Waals surface area contributed by atoms with Crippen LogP contribution in [0.5, 0.6) is 0 Å². The number of aromatic nitrogens is 2. The molecule has 4 nitrogen and oxygen atoms in total. The Hall–Kier alpha value is -1.94. The van der Waals surface area contributed by atoms with E-state index in [0.717, 1.165) is 38.2 Å². The molecule has 2 aromatic rings. The van der Waals surface area contributed by atoms with Crippen molar-refractivity contribution in [3.05, 3.63) is 53.5 Å². The molecule has 1 aliphatic heterocycles. The Kier molecular flexibility index (Phi) is 4.46. The van der Waals surface area contributed by atoms with Gasteiger partial charge in [-0.3, -0.25) is 4.98 Å². The van der Waals surface area contributed by atoms with Crippen molar-refractivity contribution in [1.82, 2.24) is 15.3 Å². The van der Waals surface area contributed by atoms with E-state index in [1.807, 2.05) is 25.5 Å². The van der Waals surface area contributed by atoms with Crippen LogP contribution in [-0.4, -0.2) is 36.6 Å². The topological polar surface area (TPSA) is 41.0 Å². The average Bonchev–Trinajstić information content (AvgIpc) is 2.54. The van der Waals surface area contributed by atoms with Gasteiger partial charge in [0, 0.05) is 44.1 Å². The van der Waals surface area contributed by atoms with Crippen molar-refractivity contribution in [2.45, 2.75) is 19.3 Å². The van der Waals surface area contributed by atoms with Gasteiger partial charge in [-0.2, -0.15) is 0 Å². The van der Waals surface area contributed by atoms with E-state index in [4.69, 9.17) is 0 Å². The number of rotatable bonds is 5. The van der Waals surface area contributed by atoms with Crippen LogP contribution in [0.2, 0.25) is 0 Å². The Morgan fingerprint density at radius 1 is 1.19 bits per heavy atom. The molecule has 0 radical (unpaired) electrons. The maximum absolute atomic E-state index is 4.63. The lowest BCUT2D eigenvalue weighted by Gasteiger charge is -2.31. The molecule has 0 spiro atoms. The lowest BCUT2D eigenvalue weighted by Crippen LogP contribution is -2.35. The SMILES string of the molecule is CNCCN1CCCc2c(Cc3ccccn3)ccnc21. The molecular formula is C17H22N4. The maximum Gasteiger partial charge on any atom is 0.132 e. The van der Waals surface area contributed by atoms with Gasteiger partial charge in [-0.1, -0.05) is 6.07 Å². The lowest BCUT2D eigenvalue weighted by molar-refractivity contribution is 0.651. The van der Waals surface area contributed by atoms with E-state index in [-0.39, 0.29) is 0 Å². The molecule has 0 atom stereocenters. The normalized spacial score (nSPS) is 14.0. The molecule has 4 heteroatoms. The Morgan fingerprint density at radius 3 is 2.95 bits per heavy atom. The van der Waals surface area contributed by atoms with Crippen molar-refractivity contribution in [2.75, 3.05) is 31.6 Å². The van der Waals surface area contributed by atoms with Crippen molar-refractivity contribution < 1.29 is 0 Å². The Morgan fingerprint density at radius 2 is 2.14 bits per heavy atom. The summed E-state index contributed by atoms with van der Waals surface area (Å²) in [5, 5.41) is 3.22. The predicted molar refractivity (Wildman–Crippen MR) is 85.7 cm³/mol. The van der Waals surface area contributed by atoms with Crippen LogP contribution in [0.15, 0.2) is 36.7 Å². The van der Waals surface area contributed by atoms with Gasteiger partial charge in [0.05, 0.1) is 0 Å². The summed E-state index contributed by atoms with van der Waals surface area (Å²) in [6.07, 6.45) is 7.03. The number of nitrogens with zero attached hydrogens (tertiary/aromatic N) is 3. The van der Waals surface area contributed by atoms with Crippen LogP contribution in [0.3, 0.4) is 0 Å². The second-order valence-electron chi connectivity index (χ2n) is 5.46. The highest BCUT2D eigenvalue weighted by molar-refractivity contribution is 5.53. The van der Waals surface area contributed by atoms with Gasteiger partial charge in [0.1, 0.15) is 5.82 Å². The van der Waals surface area contributed by atoms with Crippen LogP contribution in [0, 0.1) is 0 Å². The van der Waals surface area contributed by atoms with Gasteiger partial charge < -0.3 is 10.2 Å². The van der Waals surface area contributed by atoms with Crippen molar-refractivity contribution in [1.29, 1.82) is 0 Å². The van der Waals surface area contributed by atoms with E-state index >= 15 is 0 Å². The first-order chi connectivity index (χ1) is 10.4. The van der Waals surface area contributed by atoms with Crippen LogP contribution >= 0.6 is 0 Å². The second kappa shape index (κ2) is 6.68. The molecule has 0 aliphatic carbocycles. The molecule has 0 bridgehead atoms. The molecule has 0 unspecified atom stereocenters. The summed E-state index contributed by atoms with van der Waals surface area (Å²) >= 11 is 0. The fourth-order valence-corrected chi connectivity index (χ4v) is 2.95. The van der Waals surface area contributed by atoms with Gasteiger partial charge in [0.2, 0.25) is 0 Å².